The van der Waals surface area contributed by atoms with E-state index in [0.717, 1.165) is 24.4 Å². The smallest absolute Gasteiger partial charge is 0.257 e. The summed E-state index contributed by atoms with van der Waals surface area (Å²) in [5.41, 5.74) is 2.23. The molecule has 0 aliphatic carbocycles. The van der Waals surface area contributed by atoms with Crippen LogP contribution in [0, 0.1) is 0 Å². The van der Waals surface area contributed by atoms with Gasteiger partial charge >= 0.3 is 0 Å². The molecule has 1 unspecified atom stereocenters. The van der Waals surface area contributed by atoms with Crippen molar-refractivity contribution in [3.8, 4) is 0 Å². The molecule has 2 aromatic heterocycles. The van der Waals surface area contributed by atoms with E-state index < -0.39 is 0 Å². The SMILES string of the molecule is CN(Cc1ccon1)C(=O)c1cn[nH]c1C1CCCCN1. The van der Waals surface area contributed by atoms with Crippen LogP contribution in [0.2, 0.25) is 0 Å². The van der Waals surface area contributed by atoms with Gasteiger partial charge in [-0.2, -0.15) is 5.10 Å². The minimum Gasteiger partial charge on any atom is -0.364 e. The first kappa shape index (κ1) is 13.8. The van der Waals surface area contributed by atoms with Crippen LogP contribution in [0.3, 0.4) is 0 Å². The Balaban J connectivity index is 1.73. The number of carbonyl (C=O) groups is 1. The highest BCUT2D eigenvalue weighted by Crippen LogP contribution is 2.24. The largest absolute Gasteiger partial charge is 0.364 e. The average molecular weight is 289 g/mol. The van der Waals surface area contributed by atoms with Crippen molar-refractivity contribution < 1.29 is 9.32 Å². The molecule has 7 nitrogen and oxygen atoms in total. The van der Waals surface area contributed by atoms with Crippen LogP contribution in [0.15, 0.2) is 23.0 Å². The summed E-state index contributed by atoms with van der Waals surface area (Å²) in [6.07, 6.45) is 6.48. The zero-order valence-electron chi connectivity index (χ0n) is 12.0. The number of carbonyl (C=O) groups excluding carboxylic acids is 1. The van der Waals surface area contributed by atoms with E-state index in [1.54, 1.807) is 24.2 Å². The van der Waals surface area contributed by atoms with E-state index in [9.17, 15) is 4.79 Å². The minimum atomic E-state index is -0.0610. The molecular weight excluding hydrogens is 270 g/mol. The number of nitrogens with one attached hydrogen (secondary N) is 2. The molecule has 2 aromatic rings. The first-order valence-electron chi connectivity index (χ1n) is 7.17. The molecule has 3 rings (SSSR count). The number of aromatic amines is 1. The van der Waals surface area contributed by atoms with Crippen molar-refractivity contribution in [1.29, 1.82) is 0 Å². The molecule has 0 saturated carbocycles. The van der Waals surface area contributed by atoms with Crippen LogP contribution in [-0.2, 0) is 6.54 Å². The van der Waals surface area contributed by atoms with Gasteiger partial charge in [-0.15, -0.1) is 0 Å². The number of aromatic nitrogens is 3. The second kappa shape index (κ2) is 6.09. The predicted molar refractivity (Wildman–Crippen MR) is 75.5 cm³/mol. The van der Waals surface area contributed by atoms with Crippen LogP contribution >= 0.6 is 0 Å². The normalized spacial score (nSPS) is 18.6. The van der Waals surface area contributed by atoms with E-state index in [2.05, 4.69) is 20.7 Å². The summed E-state index contributed by atoms with van der Waals surface area (Å²) in [5.74, 6) is -0.0610. The predicted octanol–water partition coefficient (Wildman–Crippen LogP) is 1.48. The van der Waals surface area contributed by atoms with Gasteiger partial charge in [-0.1, -0.05) is 11.6 Å². The molecule has 0 bridgehead atoms. The molecule has 1 saturated heterocycles. The Bertz CT molecular complexity index is 586. The molecule has 0 aromatic carbocycles. The maximum Gasteiger partial charge on any atom is 0.257 e. The number of nitrogens with zero attached hydrogens (tertiary/aromatic N) is 3. The van der Waals surface area contributed by atoms with Gasteiger partial charge < -0.3 is 14.7 Å². The minimum absolute atomic E-state index is 0.0610. The third-order valence-corrected chi connectivity index (χ3v) is 3.80. The third kappa shape index (κ3) is 2.97. The van der Waals surface area contributed by atoms with E-state index in [0.29, 0.717) is 12.1 Å². The standard InChI is InChI=1S/C14H19N5O2/c1-19(9-10-5-7-21-18-10)14(20)11-8-16-17-13(11)12-4-2-3-6-15-12/h5,7-8,12,15H,2-4,6,9H2,1H3,(H,16,17). The molecule has 2 N–H and O–H groups in total. The molecule has 0 spiro atoms. The Kier molecular flexibility index (Phi) is 4.01. The number of hydrogen-bond acceptors (Lipinski definition) is 5. The lowest BCUT2D eigenvalue weighted by Gasteiger charge is -2.24. The Morgan fingerprint density at radius 2 is 2.43 bits per heavy atom. The Morgan fingerprint density at radius 1 is 1.52 bits per heavy atom. The van der Waals surface area contributed by atoms with Crippen LogP contribution < -0.4 is 5.32 Å². The fourth-order valence-corrected chi connectivity index (χ4v) is 2.67. The summed E-state index contributed by atoms with van der Waals surface area (Å²) in [5, 5.41) is 14.3. The van der Waals surface area contributed by atoms with Crippen LogP contribution in [0.5, 0.6) is 0 Å². The van der Waals surface area contributed by atoms with Gasteiger partial charge in [0.15, 0.2) is 0 Å². The Labute approximate surface area is 122 Å². The van der Waals surface area contributed by atoms with Crippen molar-refractivity contribution in [3.63, 3.8) is 0 Å². The van der Waals surface area contributed by atoms with Gasteiger partial charge in [0, 0.05) is 19.2 Å². The van der Waals surface area contributed by atoms with Gasteiger partial charge in [0.05, 0.1) is 24.0 Å². The van der Waals surface area contributed by atoms with Crippen molar-refractivity contribution in [2.24, 2.45) is 0 Å². The molecule has 21 heavy (non-hydrogen) atoms. The van der Waals surface area contributed by atoms with Crippen molar-refractivity contribution >= 4 is 5.91 Å². The number of amides is 1. The first-order chi connectivity index (χ1) is 10.3. The maximum atomic E-state index is 12.6. The summed E-state index contributed by atoms with van der Waals surface area (Å²) < 4.78 is 4.79. The van der Waals surface area contributed by atoms with Crippen LogP contribution in [0.4, 0.5) is 0 Å². The van der Waals surface area contributed by atoms with Crippen molar-refractivity contribution in [2.75, 3.05) is 13.6 Å². The summed E-state index contributed by atoms with van der Waals surface area (Å²) in [7, 11) is 1.75. The first-order valence-corrected chi connectivity index (χ1v) is 7.17. The Hall–Kier alpha value is -2.15. The zero-order chi connectivity index (χ0) is 14.7. The fourth-order valence-electron chi connectivity index (χ4n) is 2.67. The van der Waals surface area contributed by atoms with E-state index >= 15 is 0 Å². The molecule has 0 radical (unpaired) electrons. The molecular formula is C14H19N5O2. The van der Waals surface area contributed by atoms with Gasteiger partial charge in [-0.05, 0) is 19.4 Å². The van der Waals surface area contributed by atoms with E-state index in [1.807, 2.05) is 0 Å². The van der Waals surface area contributed by atoms with Crippen LogP contribution in [0.25, 0.3) is 0 Å². The molecule has 1 atom stereocenters. The highest BCUT2D eigenvalue weighted by molar-refractivity contribution is 5.95. The van der Waals surface area contributed by atoms with Crippen LogP contribution in [-0.4, -0.2) is 39.8 Å². The lowest BCUT2D eigenvalue weighted by atomic mass is 9.99. The summed E-state index contributed by atoms with van der Waals surface area (Å²) >= 11 is 0. The van der Waals surface area contributed by atoms with Crippen molar-refractivity contribution in [3.05, 3.63) is 35.5 Å². The van der Waals surface area contributed by atoms with Gasteiger partial charge in [-0.3, -0.25) is 9.89 Å². The van der Waals surface area contributed by atoms with Crippen LogP contribution in [0.1, 0.15) is 47.1 Å². The highest BCUT2D eigenvalue weighted by Gasteiger charge is 2.25. The number of rotatable bonds is 4. The molecule has 1 fully saturated rings. The highest BCUT2D eigenvalue weighted by atomic mass is 16.5. The zero-order valence-corrected chi connectivity index (χ0v) is 12.0. The van der Waals surface area contributed by atoms with Gasteiger partial charge in [0.25, 0.3) is 5.91 Å². The van der Waals surface area contributed by atoms with Gasteiger partial charge in [0.1, 0.15) is 12.0 Å². The quantitative estimate of drug-likeness (QED) is 0.890. The number of H-pyrrole nitrogens is 1. The lowest BCUT2D eigenvalue weighted by Crippen LogP contribution is -2.31. The van der Waals surface area contributed by atoms with E-state index in [-0.39, 0.29) is 11.9 Å². The molecule has 112 valence electrons. The van der Waals surface area contributed by atoms with Crippen molar-refractivity contribution in [1.82, 2.24) is 25.6 Å². The average Bonchev–Trinajstić information content (AvgIpc) is 3.18. The third-order valence-electron chi connectivity index (χ3n) is 3.80. The molecule has 1 aliphatic rings. The monoisotopic (exact) mass is 289 g/mol. The number of piperidine rings is 1. The Morgan fingerprint density at radius 3 is 3.14 bits per heavy atom. The van der Waals surface area contributed by atoms with E-state index in [1.165, 1.54) is 19.1 Å². The second-order valence-corrected chi connectivity index (χ2v) is 5.35. The molecule has 1 amide bonds. The molecule has 3 heterocycles. The number of hydrogen-bond donors (Lipinski definition) is 2. The van der Waals surface area contributed by atoms with Crippen molar-refractivity contribution in [2.45, 2.75) is 31.8 Å². The maximum absolute atomic E-state index is 12.6. The van der Waals surface area contributed by atoms with E-state index in [4.69, 9.17) is 4.52 Å². The topological polar surface area (TPSA) is 87.1 Å². The fraction of sp³-hybridized carbons (Fsp3) is 0.500. The summed E-state index contributed by atoms with van der Waals surface area (Å²) in [6.45, 7) is 1.39. The van der Waals surface area contributed by atoms with Gasteiger partial charge in [-0.25, -0.2) is 0 Å². The van der Waals surface area contributed by atoms with Gasteiger partial charge in [0.2, 0.25) is 0 Å². The second-order valence-electron chi connectivity index (χ2n) is 5.35. The lowest BCUT2D eigenvalue weighted by molar-refractivity contribution is 0.0780. The summed E-state index contributed by atoms with van der Waals surface area (Å²) in [4.78, 5) is 14.2. The summed E-state index contributed by atoms with van der Waals surface area (Å²) in [6, 6.07) is 1.93. The molecule has 1 aliphatic heterocycles. The molecule has 7 heteroatoms.